The minimum Gasteiger partial charge on any atom is -0.496 e. The minimum atomic E-state index is -0.369. The largest absolute Gasteiger partial charge is 0.496 e. The molecule has 1 saturated heterocycles. The van der Waals surface area contributed by atoms with Crippen LogP contribution in [0.3, 0.4) is 0 Å². The van der Waals surface area contributed by atoms with Gasteiger partial charge in [-0.05, 0) is 39.3 Å². The molecule has 2 atom stereocenters. The van der Waals surface area contributed by atoms with E-state index in [4.69, 9.17) is 13.9 Å². The first-order valence-corrected chi connectivity index (χ1v) is 5.94. The maximum absolute atomic E-state index is 11.7. The van der Waals surface area contributed by atoms with Gasteiger partial charge in [0.2, 0.25) is 0 Å². The van der Waals surface area contributed by atoms with Gasteiger partial charge in [-0.1, -0.05) is 0 Å². The maximum atomic E-state index is 11.7. The van der Waals surface area contributed by atoms with Crippen molar-refractivity contribution in [2.45, 2.75) is 39.4 Å². The topological polar surface area (TPSA) is 52.0 Å². The summed E-state index contributed by atoms with van der Waals surface area (Å²) in [5.74, 6) is 1.07. The molecule has 1 aromatic rings. The fourth-order valence-corrected chi connectivity index (χ4v) is 1.94. The van der Waals surface area contributed by atoms with Gasteiger partial charge in [0, 0.05) is 6.07 Å². The van der Waals surface area contributed by atoms with Gasteiger partial charge in [-0.3, -0.25) is 0 Å². The molecule has 1 aliphatic heterocycles. The van der Waals surface area contributed by atoms with Gasteiger partial charge >= 0.3 is 5.63 Å². The number of hydrogen-bond donors (Lipinski definition) is 0. The number of rotatable bonds is 3. The first-order valence-electron chi connectivity index (χ1n) is 5.94. The van der Waals surface area contributed by atoms with Crippen molar-refractivity contribution in [3.05, 3.63) is 33.9 Å². The molecule has 1 fully saturated rings. The zero-order chi connectivity index (χ0) is 13.5. The molecule has 0 amide bonds. The van der Waals surface area contributed by atoms with E-state index in [0.717, 1.165) is 5.57 Å². The lowest BCUT2D eigenvalue weighted by Gasteiger charge is -2.07. The lowest BCUT2D eigenvalue weighted by atomic mass is 10.0. The van der Waals surface area contributed by atoms with E-state index < -0.39 is 0 Å². The Morgan fingerprint density at radius 2 is 2.17 bits per heavy atom. The highest BCUT2D eigenvalue weighted by molar-refractivity contribution is 5.62. The number of epoxide rings is 1. The molecule has 1 aromatic heterocycles. The van der Waals surface area contributed by atoms with Crippen LogP contribution in [0.4, 0.5) is 0 Å². The highest BCUT2D eigenvalue weighted by Gasteiger charge is 2.46. The fraction of sp³-hybridized carbons (Fsp3) is 0.500. The van der Waals surface area contributed by atoms with E-state index in [0.29, 0.717) is 17.1 Å². The van der Waals surface area contributed by atoms with Crippen LogP contribution in [0.15, 0.2) is 21.4 Å². The molecule has 0 aromatic carbocycles. The summed E-state index contributed by atoms with van der Waals surface area (Å²) in [6.07, 6.45) is 2.18. The van der Waals surface area contributed by atoms with E-state index >= 15 is 0 Å². The van der Waals surface area contributed by atoms with Gasteiger partial charge in [0.1, 0.15) is 17.1 Å². The zero-order valence-corrected chi connectivity index (χ0v) is 11.4. The predicted molar refractivity (Wildman–Crippen MR) is 68.9 cm³/mol. The first-order chi connectivity index (χ1) is 8.37. The van der Waals surface area contributed by atoms with Crippen LogP contribution >= 0.6 is 0 Å². The number of hydrogen-bond acceptors (Lipinski definition) is 4. The van der Waals surface area contributed by atoms with Gasteiger partial charge in [0.15, 0.2) is 0 Å². The quantitative estimate of drug-likeness (QED) is 0.773. The molecule has 2 rings (SSSR count). The Hall–Kier alpha value is -1.55. The summed E-state index contributed by atoms with van der Waals surface area (Å²) in [5.41, 5.74) is 0.737. The SMILES string of the molecule is COc1cc(/C(C)=C\C2(C)OC2C)oc(=O)c1C. The third kappa shape index (κ3) is 2.20. The third-order valence-electron chi connectivity index (χ3n) is 3.43. The Morgan fingerprint density at radius 1 is 1.56 bits per heavy atom. The summed E-state index contributed by atoms with van der Waals surface area (Å²) in [5, 5.41) is 0. The van der Waals surface area contributed by atoms with E-state index in [1.807, 2.05) is 26.8 Å². The first kappa shape index (κ1) is 12.9. The van der Waals surface area contributed by atoms with Crippen molar-refractivity contribution in [2.75, 3.05) is 7.11 Å². The molecule has 0 saturated carbocycles. The maximum Gasteiger partial charge on any atom is 0.342 e. The van der Waals surface area contributed by atoms with E-state index in [2.05, 4.69) is 0 Å². The van der Waals surface area contributed by atoms with Crippen LogP contribution in [0, 0.1) is 6.92 Å². The van der Waals surface area contributed by atoms with Crippen LogP contribution in [-0.2, 0) is 4.74 Å². The molecule has 0 bridgehead atoms. The Balaban J connectivity index is 2.40. The van der Waals surface area contributed by atoms with Crippen molar-refractivity contribution in [3.63, 3.8) is 0 Å². The Morgan fingerprint density at radius 3 is 2.67 bits per heavy atom. The van der Waals surface area contributed by atoms with E-state index in [1.54, 1.807) is 13.0 Å². The standard InChI is InChI=1S/C14H18O4/c1-8(7-14(4)10(3)18-14)11-6-12(16-5)9(2)13(15)17-11/h6-7,10H,1-5H3/b8-7-. The van der Waals surface area contributed by atoms with Crippen LogP contribution in [0.1, 0.15) is 32.1 Å². The van der Waals surface area contributed by atoms with Crippen LogP contribution in [0.2, 0.25) is 0 Å². The molecule has 0 spiro atoms. The molecule has 0 radical (unpaired) electrons. The highest BCUT2D eigenvalue weighted by Crippen LogP contribution is 2.39. The third-order valence-corrected chi connectivity index (χ3v) is 3.43. The number of ether oxygens (including phenoxy) is 2. The lowest BCUT2D eigenvalue weighted by Crippen LogP contribution is -2.08. The highest BCUT2D eigenvalue weighted by atomic mass is 16.6. The molecule has 0 aliphatic carbocycles. The lowest BCUT2D eigenvalue weighted by molar-refractivity contribution is 0.349. The Bertz CT molecular complexity index is 555. The second-order valence-corrected chi connectivity index (χ2v) is 4.86. The summed E-state index contributed by atoms with van der Waals surface area (Å²) < 4.78 is 15.9. The van der Waals surface area contributed by atoms with Crippen LogP contribution in [0.5, 0.6) is 5.75 Å². The molecular weight excluding hydrogens is 232 g/mol. The summed E-state index contributed by atoms with van der Waals surface area (Å²) >= 11 is 0. The molecule has 4 nitrogen and oxygen atoms in total. The zero-order valence-electron chi connectivity index (χ0n) is 11.4. The van der Waals surface area contributed by atoms with Crippen molar-refractivity contribution in [1.82, 2.24) is 0 Å². The van der Waals surface area contributed by atoms with E-state index in [-0.39, 0.29) is 17.3 Å². The average Bonchev–Trinajstić information content (AvgIpc) is 2.89. The summed E-state index contributed by atoms with van der Waals surface area (Å²) in [7, 11) is 1.54. The van der Waals surface area contributed by atoms with Gasteiger partial charge in [-0.25, -0.2) is 4.79 Å². The van der Waals surface area contributed by atoms with Crippen molar-refractivity contribution in [2.24, 2.45) is 0 Å². The normalized spacial score (nSPS) is 27.2. The van der Waals surface area contributed by atoms with Crippen molar-refractivity contribution in [3.8, 4) is 5.75 Å². The second kappa shape index (κ2) is 4.28. The molecular formula is C14H18O4. The Kier molecular flexibility index (Phi) is 3.07. The summed E-state index contributed by atoms with van der Waals surface area (Å²) in [4.78, 5) is 11.7. The molecule has 1 aliphatic rings. The van der Waals surface area contributed by atoms with Crippen molar-refractivity contribution >= 4 is 5.57 Å². The van der Waals surface area contributed by atoms with E-state index in [9.17, 15) is 4.79 Å². The predicted octanol–water partition coefficient (Wildman–Crippen LogP) is 2.54. The van der Waals surface area contributed by atoms with Gasteiger partial charge in [-0.2, -0.15) is 0 Å². The minimum absolute atomic E-state index is 0.200. The smallest absolute Gasteiger partial charge is 0.342 e. The number of allylic oxidation sites excluding steroid dienone is 1. The van der Waals surface area contributed by atoms with Gasteiger partial charge in [0.05, 0.1) is 18.8 Å². The summed E-state index contributed by atoms with van der Waals surface area (Å²) in [6.45, 7) is 7.59. The monoisotopic (exact) mass is 250 g/mol. The van der Waals surface area contributed by atoms with E-state index in [1.165, 1.54) is 7.11 Å². The Labute approximate surface area is 106 Å². The molecule has 4 heteroatoms. The summed E-state index contributed by atoms with van der Waals surface area (Å²) in [6, 6.07) is 1.74. The molecule has 2 heterocycles. The van der Waals surface area contributed by atoms with Crippen LogP contribution in [0.25, 0.3) is 5.57 Å². The second-order valence-electron chi connectivity index (χ2n) is 4.86. The van der Waals surface area contributed by atoms with Crippen molar-refractivity contribution in [1.29, 1.82) is 0 Å². The molecule has 2 unspecified atom stereocenters. The number of methoxy groups -OCH3 is 1. The molecule has 18 heavy (non-hydrogen) atoms. The van der Waals surface area contributed by atoms with Crippen molar-refractivity contribution < 1.29 is 13.9 Å². The molecule has 98 valence electrons. The van der Waals surface area contributed by atoms with Gasteiger partial charge in [0.25, 0.3) is 0 Å². The van der Waals surface area contributed by atoms with Gasteiger partial charge in [-0.15, -0.1) is 0 Å². The van der Waals surface area contributed by atoms with Gasteiger partial charge < -0.3 is 13.9 Å². The average molecular weight is 250 g/mol. The van der Waals surface area contributed by atoms with Crippen LogP contribution < -0.4 is 10.4 Å². The van der Waals surface area contributed by atoms with Crippen LogP contribution in [-0.4, -0.2) is 18.8 Å². The molecule has 0 N–H and O–H groups in total. The fourth-order valence-electron chi connectivity index (χ4n) is 1.94.